The van der Waals surface area contributed by atoms with Gasteiger partial charge in [0.1, 0.15) is 11.3 Å². The summed E-state index contributed by atoms with van der Waals surface area (Å²) in [6.45, 7) is 2.40. The normalized spacial score (nSPS) is 10.1. The first-order valence-corrected chi connectivity index (χ1v) is 6.04. The Labute approximate surface area is 116 Å². The van der Waals surface area contributed by atoms with Gasteiger partial charge in [-0.3, -0.25) is 0 Å². The molecule has 1 N–H and O–H groups in total. The van der Waals surface area contributed by atoms with Crippen molar-refractivity contribution in [3.63, 3.8) is 0 Å². The monoisotopic (exact) mass is 274 g/mol. The van der Waals surface area contributed by atoms with Crippen molar-refractivity contribution in [3.05, 3.63) is 36.0 Å². The lowest BCUT2D eigenvalue weighted by atomic mass is 10.2. The maximum absolute atomic E-state index is 11.0. The van der Waals surface area contributed by atoms with E-state index in [1.54, 1.807) is 12.1 Å². The molecule has 0 saturated heterocycles. The van der Waals surface area contributed by atoms with Crippen molar-refractivity contribution in [1.29, 1.82) is 0 Å². The minimum atomic E-state index is -1.13. The van der Waals surface area contributed by atoms with Crippen LogP contribution in [0.25, 0.3) is 11.4 Å². The smallest absolute Gasteiger partial charge is 0.342 e. The third-order valence-corrected chi connectivity index (χ3v) is 2.61. The molecular formula is C14H14N2O4. The maximum Gasteiger partial charge on any atom is 0.342 e. The quantitative estimate of drug-likeness (QED) is 0.900. The van der Waals surface area contributed by atoms with Gasteiger partial charge in [0.2, 0.25) is 5.88 Å². The van der Waals surface area contributed by atoms with Gasteiger partial charge in [0, 0.05) is 6.20 Å². The van der Waals surface area contributed by atoms with E-state index in [-0.39, 0.29) is 11.4 Å². The number of rotatable bonds is 5. The number of aromatic carboxylic acids is 1. The Bertz CT molecular complexity index is 628. The van der Waals surface area contributed by atoms with Crippen LogP contribution >= 0.6 is 0 Å². The zero-order valence-electron chi connectivity index (χ0n) is 11.2. The minimum Gasteiger partial charge on any atom is -0.493 e. The summed E-state index contributed by atoms with van der Waals surface area (Å²) in [5.41, 5.74) is 0.606. The molecule has 20 heavy (non-hydrogen) atoms. The van der Waals surface area contributed by atoms with E-state index < -0.39 is 5.97 Å². The molecule has 1 heterocycles. The highest BCUT2D eigenvalue weighted by molar-refractivity contribution is 5.90. The van der Waals surface area contributed by atoms with E-state index in [9.17, 15) is 4.79 Å². The van der Waals surface area contributed by atoms with Crippen LogP contribution in [0.1, 0.15) is 17.3 Å². The van der Waals surface area contributed by atoms with E-state index in [2.05, 4.69) is 9.97 Å². The van der Waals surface area contributed by atoms with E-state index >= 15 is 0 Å². The average molecular weight is 274 g/mol. The van der Waals surface area contributed by atoms with Crippen LogP contribution in [-0.4, -0.2) is 34.8 Å². The fourth-order valence-corrected chi connectivity index (χ4v) is 1.73. The third kappa shape index (κ3) is 2.69. The average Bonchev–Trinajstić information content (AvgIpc) is 2.47. The molecule has 6 heteroatoms. The molecule has 0 amide bonds. The van der Waals surface area contributed by atoms with Gasteiger partial charge >= 0.3 is 5.97 Å². The summed E-state index contributed by atoms with van der Waals surface area (Å²) in [6.07, 6.45) is 1.23. The molecular weight excluding hydrogens is 260 g/mol. The van der Waals surface area contributed by atoms with Crippen molar-refractivity contribution in [2.45, 2.75) is 6.92 Å². The SMILES string of the molecule is CCOc1ccccc1-c1ncc(C(=O)O)c(OC)n1. The van der Waals surface area contributed by atoms with Gasteiger partial charge in [-0.25, -0.2) is 9.78 Å². The Hall–Kier alpha value is -2.63. The van der Waals surface area contributed by atoms with Crippen molar-refractivity contribution < 1.29 is 19.4 Å². The lowest BCUT2D eigenvalue weighted by molar-refractivity contribution is 0.0692. The van der Waals surface area contributed by atoms with Crippen LogP contribution < -0.4 is 9.47 Å². The first kappa shape index (κ1) is 13.8. The molecule has 6 nitrogen and oxygen atoms in total. The summed E-state index contributed by atoms with van der Waals surface area (Å²) < 4.78 is 10.5. The number of carboxylic acid groups (broad SMARTS) is 1. The molecule has 2 rings (SSSR count). The number of para-hydroxylation sites is 1. The number of hydrogen-bond acceptors (Lipinski definition) is 5. The van der Waals surface area contributed by atoms with Crippen molar-refractivity contribution in [2.75, 3.05) is 13.7 Å². The van der Waals surface area contributed by atoms with Gasteiger partial charge in [-0.1, -0.05) is 12.1 Å². The number of carboxylic acids is 1. The fourth-order valence-electron chi connectivity index (χ4n) is 1.73. The molecule has 0 aliphatic heterocycles. The second-order valence-electron chi connectivity index (χ2n) is 3.85. The van der Waals surface area contributed by atoms with Crippen LogP contribution in [0.15, 0.2) is 30.5 Å². The van der Waals surface area contributed by atoms with Crippen molar-refractivity contribution in [1.82, 2.24) is 9.97 Å². The fraction of sp³-hybridized carbons (Fsp3) is 0.214. The molecule has 0 radical (unpaired) electrons. The summed E-state index contributed by atoms with van der Waals surface area (Å²) >= 11 is 0. The number of carbonyl (C=O) groups is 1. The van der Waals surface area contributed by atoms with Crippen LogP contribution in [0.3, 0.4) is 0 Å². The van der Waals surface area contributed by atoms with Gasteiger partial charge in [0.25, 0.3) is 0 Å². The molecule has 0 aliphatic carbocycles. The number of benzene rings is 1. The van der Waals surface area contributed by atoms with Crippen molar-refractivity contribution in [2.24, 2.45) is 0 Å². The van der Waals surface area contributed by atoms with Gasteiger partial charge in [-0.05, 0) is 19.1 Å². The number of hydrogen-bond donors (Lipinski definition) is 1. The van der Waals surface area contributed by atoms with Crippen LogP contribution in [0.5, 0.6) is 11.6 Å². The van der Waals surface area contributed by atoms with Gasteiger partial charge in [-0.15, -0.1) is 0 Å². The van der Waals surface area contributed by atoms with E-state index in [1.807, 2.05) is 19.1 Å². The van der Waals surface area contributed by atoms with Crippen molar-refractivity contribution in [3.8, 4) is 23.0 Å². The Morgan fingerprint density at radius 1 is 1.35 bits per heavy atom. The van der Waals surface area contributed by atoms with Gasteiger partial charge < -0.3 is 14.6 Å². The summed E-state index contributed by atoms with van der Waals surface area (Å²) in [7, 11) is 1.37. The Balaban J connectivity index is 2.51. The first-order valence-electron chi connectivity index (χ1n) is 6.04. The highest BCUT2D eigenvalue weighted by atomic mass is 16.5. The minimum absolute atomic E-state index is 0.0220. The second-order valence-corrected chi connectivity index (χ2v) is 3.85. The maximum atomic E-state index is 11.0. The highest BCUT2D eigenvalue weighted by Gasteiger charge is 2.16. The van der Waals surface area contributed by atoms with Crippen LogP contribution in [0.4, 0.5) is 0 Å². The van der Waals surface area contributed by atoms with Crippen LogP contribution in [0, 0.1) is 0 Å². The summed E-state index contributed by atoms with van der Waals surface area (Å²) in [5, 5.41) is 9.01. The Morgan fingerprint density at radius 2 is 2.10 bits per heavy atom. The molecule has 2 aromatic rings. The predicted octanol–water partition coefficient (Wildman–Crippen LogP) is 2.25. The largest absolute Gasteiger partial charge is 0.493 e. The number of aromatic nitrogens is 2. The molecule has 0 fully saturated rings. The van der Waals surface area contributed by atoms with Crippen LogP contribution in [0.2, 0.25) is 0 Å². The zero-order valence-corrected chi connectivity index (χ0v) is 11.2. The van der Waals surface area contributed by atoms with Crippen LogP contribution in [-0.2, 0) is 0 Å². The highest BCUT2D eigenvalue weighted by Crippen LogP contribution is 2.28. The number of methoxy groups -OCH3 is 1. The Morgan fingerprint density at radius 3 is 2.75 bits per heavy atom. The molecule has 0 aliphatic rings. The Kier molecular flexibility index (Phi) is 4.14. The topological polar surface area (TPSA) is 81.5 Å². The van der Waals surface area contributed by atoms with E-state index in [1.165, 1.54) is 13.3 Å². The van der Waals surface area contributed by atoms with E-state index in [0.29, 0.717) is 23.7 Å². The zero-order chi connectivity index (χ0) is 14.5. The van der Waals surface area contributed by atoms with Gasteiger partial charge in [-0.2, -0.15) is 4.98 Å². The standard InChI is InChI=1S/C14H14N2O4/c1-3-20-11-7-5-4-6-9(11)12-15-8-10(14(17)18)13(16-12)19-2/h4-8H,3H2,1-2H3,(H,17,18). The summed E-state index contributed by atoms with van der Waals surface area (Å²) in [6, 6.07) is 7.29. The lowest BCUT2D eigenvalue weighted by Gasteiger charge is -2.10. The molecule has 0 unspecified atom stereocenters. The summed E-state index contributed by atoms with van der Waals surface area (Å²) in [5.74, 6) is -0.115. The van der Waals surface area contributed by atoms with Gasteiger partial charge in [0.05, 0.1) is 19.3 Å². The molecule has 1 aromatic carbocycles. The summed E-state index contributed by atoms with van der Waals surface area (Å²) in [4.78, 5) is 19.2. The molecule has 0 bridgehead atoms. The van der Waals surface area contributed by atoms with E-state index in [0.717, 1.165) is 0 Å². The first-order chi connectivity index (χ1) is 9.67. The second kappa shape index (κ2) is 6.01. The molecule has 0 saturated carbocycles. The number of ether oxygens (including phenoxy) is 2. The molecule has 1 aromatic heterocycles. The lowest BCUT2D eigenvalue weighted by Crippen LogP contribution is -2.05. The van der Waals surface area contributed by atoms with E-state index in [4.69, 9.17) is 14.6 Å². The van der Waals surface area contributed by atoms with Crippen molar-refractivity contribution >= 4 is 5.97 Å². The predicted molar refractivity (Wildman–Crippen MR) is 72.1 cm³/mol. The molecule has 0 atom stereocenters. The number of nitrogens with zero attached hydrogens (tertiary/aromatic N) is 2. The molecule has 104 valence electrons. The van der Waals surface area contributed by atoms with Gasteiger partial charge in [0.15, 0.2) is 5.82 Å². The molecule has 0 spiro atoms. The third-order valence-electron chi connectivity index (χ3n) is 2.61.